The number of sulfonamides is 1. The number of ether oxygens (including phenoxy) is 2. The van der Waals surface area contributed by atoms with E-state index in [1.54, 1.807) is 19.1 Å². The standard InChI is InChI=1S/C23H31N3O5S/c1-19(20-6-3-2-4-7-20)25-32(28,29)22-10-8-21(9-11-22)31-18-23(27)24-12-5-13-26-14-16-30-17-15-26/h2-4,6-11,19,25H,5,12-18H2,1H3,(H,24,27)/t19-/m0/s1. The fourth-order valence-electron chi connectivity index (χ4n) is 3.38. The van der Waals surface area contributed by atoms with E-state index >= 15 is 0 Å². The summed E-state index contributed by atoms with van der Waals surface area (Å²) in [6.07, 6.45) is 0.868. The summed E-state index contributed by atoms with van der Waals surface area (Å²) in [6.45, 7) is 6.59. The van der Waals surface area contributed by atoms with Crippen LogP contribution in [0.1, 0.15) is 24.9 Å². The highest BCUT2D eigenvalue weighted by atomic mass is 32.2. The Kier molecular flexibility index (Phi) is 9.04. The Morgan fingerprint density at radius 1 is 1.09 bits per heavy atom. The maximum atomic E-state index is 12.6. The second-order valence-corrected chi connectivity index (χ2v) is 9.39. The number of hydrogen-bond acceptors (Lipinski definition) is 6. The molecule has 2 aromatic rings. The van der Waals surface area contributed by atoms with Crippen LogP contribution in [0.2, 0.25) is 0 Å². The van der Waals surface area contributed by atoms with Crippen molar-refractivity contribution in [3.05, 3.63) is 60.2 Å². The molecule has 1 aliphatic rings. The number of hydrogen-bond donors (Lipinski definition) is 2. The highest BCUT2D eigenvalue weighted by Gasteiger charge is 2.18. The number of amides is 1. The molecule has 0 saturated carbocycles. The minimum Gasteiger partial charge on any atom is -0.484 e. The lowest BCUT2D eigenvalue weighted by atomic mass is 10.1. The molecule has 2 N–H and O–H groups in total. The predicted molar refractivity (Wildman–Crippen MR) is 122 cm³/mol. The minimum absolute atomic E-state index is 0.118. The van der Waals surface area contributed by atoms with Crippen LogP contribution < -0.4 is 14.8 Å². The first-order valence-electron chi connectivity index (χ1n) is 10.8. The molecule has 174 valence electrons. The van der Waals surface area contributed by atoms with Gasteiger partial charge in [0, 0.05) is 25.7 Å². The van der Waals surface area contributed by atoms with Gasteiger partial charge in [-0.1, -0.05) is 30.3 Å². The molecule has 3 rings (SSSR count). The number of nitrogens with zero attached hydrogens (tertiary/aromatic N) is 1. The molecule has 32 heavy (non-hydrogen) atoms. The molecule has 2 aromatic carbocycles. The minimum atomic E-state index is -3.68. The van der Waals surface area contributed by atoms with Crippen molar-refractivity contribution < 1.29 is 22.7 Å². The highest BCUT2D eigenvalue weighted by molar-refractivity contribution is 7.89. The van der Waals surface area contributed by atoms with E-state index in [-0.39, 0.29) is 23.5 Å². The average Bonchev–Trinajstić information content (AvgIpc) is 2.82. The van der Waals surface area contributed by atoms with E-state index in [1.165, 1.54) is 12.1 Å². The van der Waals surface area contributed by atoms with Crippen molar-refractivity contribution in [2.75, 3.05) is 46.0 Å². The zero-order valence-electron chi connectivity index (χ0n) is 18.3. The Morgan fingerprint density at radius 3 is 2.47 bits per heavy atom. The first-order valence-corrected chi connectivity index (χ1v) is 12.3. The third kappa shape index (κ3) is 7.59. The van der Waals surface area contributed by atoms with Gasteiger partial charge in [-0.2, -0.15) is 0 Å². The Balaban J connectivity index is 1.40. The SMILES string of the molecule is C[C@H](NS(=O)(=O)c1ccc(OCC(=O)NCCCN2CCOCC2)cc1)c1ccccc1. The Morgan fingerprint density at radius 2 is 1.78 bits per heavy atom. The summed E-state index contributed by atoms with van der Waals surface area (Å²) < 4.78 is 38.7. The second kappa shape index (κ2) is 12.0. The fourth-order valence-corrected chi connectivity index (χ4v) is 4.61. The van der Waals surface area contributed by atoms with Crippen LogP contribution in [0.3, 0.4) is 0 Å². The normalized spacial score (nSPS) is 15.8. The van der Waals surface area contributed by atoms with Gasteiger partial charge in [0.1, 0.15) is 5.75 Å². The van der Waals surface area contributed by atoms with Crippen LogP contribution >= 0.6 is 0 Å². The van der Waals surface area contributed by atoms with Crippen LogP contribution in [0.4, 0.5) is 0 Å². The Bertz CT molecular complexity index is 945. The first kappa shape index (κ1) is 24.2. The van der Waals surface area contributed by atoms with E-state index in [4.69, 9.17) is 9.47 Å². The molecule has 0 aromatic heterocycles. The van der Waals surface area contributed by atoms with E-state index in [1.807, 2.05) is 30.3 Å². The van der Waals surface area contributed by atoms with Gasteiger partial charge in [0.25, 0.3) is 5.91 Å². The molecule has 0 unspecified atom stereocenters. The molecule has 1 amide bonds. The quantitative estimate of drug-likeness (QED) is 0.497. The van der Waals surface area contributed by atoms with Gasteiger partial charge in [-0.25, -0.2) is 13.1 Å². The van der Waals surface area contributed by atoms with Crippen LogP contribution in [0, 0.1) is 0 Å². The second-order valence-electron chi connectivity index (χ2n) is 7.67. The van der Waals surface area contributed by atoms with E-state index < -0.39 is 10.0 Å². The number of carbonyl (C=O) groups excluding carboxylic acids is 1. The van der Waals surface area contributed by atoms with Gasteiger partial charge >= 0.3 is 0 Å². The van der Waals surface area contributed by atoms with Crippen molar-refractivity contribution in [1.82, 2.24) is 14.9 Å². The summed E-state index contributed by atoms with van der Waals surface area (Å²) >= 11 is 0. The van der Waals surface area contributed by atoms with Crippen molar-refractivity contribution in [3.8, 4) is 5.75 Å². The van der Waals surface area contributed by atoms with Crippen molar-refractivity contribution in [3.63, 3.8) is 0 Å². The molecule has 1 aliphatic heterocycles. The molecule has 0 aliphatic carbocycles. The molecule has 8 nitrogen and oxygen atoms in total. The highest BCUT2D eigenvalue weighted by Crippen LogP contribution is 2.19. The van der Waals surface area contributed by atoms with E-state index in [9.17, 15) is 13.2 Å². The van der Waals surface area contributed by atoms with Crippen LogP contribution in [0.5, 0.6) is 5.75 Å². The van der Waals surface area contributed by atoms with Crippen molar-refractivity contribution in [2.24, 2.45) is 0 Å². The maximum absolute atomic E-state index is 12.6. The fraction of sp³-hybridized carbons (Fsp3) is 0.435. The molecule has 0 bridgehead atoms. The van der Waals surface area contributed by atoms with Gasteiger partial charge in [-0.15, -0.1) is 0 Å². The molecule has 1 heterocycles. The molecule has 0 radical (unpaired) electrons. The number of nitrogens with one attached hydrogen (secondary N) is 2. The third-order valence-corrected chi connectivity index (χ3v) is 6.77. The molecule has 1 atom stereocenters. The Labute approximate surface area is 190 Å². The molecular formula is C23H31N3O5S. The summed E-state index contributed by atoms with van der Waals surface area (Å²) in [7, 11) is -3.68. The van der Waals surface area contributed by atoms with Crippen LogP contribution in [0.15, 0.2) is 59.5 Å². The average molecular weight is 462 g/mol. The maximum Gasteiger partial charge on any atom is 0.257 e. The topological polar surface area (TPSA) is 97.0 Å². The van der Waals surface area contributed by atoms with Crippen molar-refractivity contribution in [1.29, 1.82) is 0 Å². The van der Waals surface area contributed by atoms with Crippen LogP contribution in [-0.4, -0.2) is 65.2 Å². The molecule has 9 heteroatoms. The summed E-state index contributed by atoms with van der Waals surface area (Å²) in [6, 6.07) is 15.0. The summed E-state index contributed by atoms with van der Waals surface area (Å²) in [5.41, 5.74) is 0.881. The number of benzene rings is 2. The van der Waals surface area contributed by atoms with E-state index in [0.29, 0.717) is 12.3 Å². The van der Waals surface area contributed by atoms with Gasteiger partial charge in [0.05, 0.1) is 18.1 Å². The largest absolute Gasteiger partial charge is 0.484 e. The lowest BCUT2D eigenvalue weighted by Crippen LogP contribution is -2.38. The predicted octanol–water partition coefficient (Wildman–Crippen LogP) is 1.94. The summed E-state index contributed by atoms with van der Waals surface area (Å²) in [5.74, 6) is 0.227. The summed E-state index contributed by atoms with van der Waals surface area (Å²) in [5, 5.41) is 2.84. The first-order chi connectivity index (χ1) is 15.4. The van der Waals surface area contributed by atoms with Gasteiger partial charge in [-0.3, -0.25) is 9.69 Å². The van der Waals surface area contributed by atoms with E-state index in [0.717, 1.165) is 44.8 Å². The molecule has 1 fully saturated rings. The zero-order chi connectivity index (χ0) is 22.8. The molecule has 0 spiro atoms. The lowest BCUT2D eigenvalue weighted by molar-refractivity contribution is -0.123. The van der Waals surface area contributed by atoms with Gasteiger partial charge in [-0.05, 0) is 49.7 Å². The van der Waals surface area contributed by atoms with Crippen LogP contribution in [-0.2, 0) is 19.6 Å². The molecule has 1 saturated heterocycles. The van der Waals surface area contributed by atoms with Gasteiger partial charge in [0.15, 0.2) is 6.61 Å². The third-order valence-electron chi connectivity index (χ3n) is 5.21. The Hall–Kier alpha value is -2.46. The monoisotopic (exact) mass is 461 g/mol. The zero-order valence-corrected chi connectivity index (χ0v) is 19.1. The van der Waals surface area contributed by atoms with Crippen molar-refractivity contribution in [2.45, 2.75) is 24.3 Å². The number of rotatable bonds is 11. The number of morpholine rings is 1. The van der Waals surface area contributed by atoms with E-state index in [2.05, 4.69) is 14.9 Å². The summed E-state index contributed by atoms with van der Waals surface area (Å²) in [4.78, 5) is 14.4. The van der Waals surface area contributed by atoms with Gasteiger partial charge < -0.3 is 14.8 Å². The van der Waals surface area contributed by atoms with Gasteiger partial charge in [0.2, 0.25) is 10.0 Å². The molecular weight excluding hydrogens is 430 g/mol. The lowest BCUT2D eigenvalue weighted by Gasteiger charge is -2.26. The number of carbonyl (C=O) groups is 1. The smallest absolute Gasteiger partial charge is 0.257 e. The van der Waals surface area contributed by atoms with Crippen molar-refractivity contribution >= 4 is 15.9 Å². The van der Waals surface area contributed by atoms with Crippen LogP contribution in [0.25, 0.3) is 0 Å².